The Kier molecular flexibility index (Phi) is 5.34. The predicted octanol–water partition coefficient (Wildman–Crippen LogP) is 3.41. The SMILES string of the molecule is Cl.O=C(NC1CC1C1CCCCC1)C1CC2CCCCC2N1. The Bertz CT molecular complexity index is 383. The quantitative estimate of drug-likeness (QED) is 0.834. The predicted molar refractivity (Wildman–Crippen MR) is 91.1 cm³/mol. The van der Waals surface area contributed by atoms with Crippen LogP contribution in [0, 0.1) is 17.8 Å². The van der Waals surface area contributed by atoms with Crippen LogP contribution in [0.3, 0.4) is 0 Å². The Morgan fingerprint density at radius 2 is 1.55 bits per heavy atom. The molecule has 5 atom stereocenters. The summed E-state index contributed by atoms with van der Waals surface area (Å²) < 4.78 is 0. The molecule has 126 valence electrons. The minimum atomic E-state index is 0. The van der Waals surface area contributed by atoms with Crippen molar-refractivity contribution in [2.75, 3.05) is 0 Å². The van der Waals surface area contributed by atoms with E-state index < -0.39 is 0 Å². The molecule has 3 saturated carbocycles. The summed E-state index contributed by atoms with van der Waals surface area (Å²) in [7, 11) is 0. The standard InChI is InChI=1S/C18H30N2O.ClH/c21-18(17-10-13-8-4-5-9-15(13)19-17)20-16-11-14(16)12-6-2-1-3-7-12;/h12-17,19H,1-11H2,(H,20,21);1H. The first kappa shape index (κ1) is 16.6. The number of hydrogen-bond acceptors (Lipinski definition) is 2. The monoisotopic (exact) mass is 326 g/mol. The van der Waals surface area contributed by atoms with E-state index in [0.717, 1.165) is 24.2 Å². The molecular weight excluding hydrogens is 296 g/mol. The summed E-state index contributed by atoms with van der Waals surface area (Å²) in [4.78, 5) is 12.5. The molecule has 5 unspecified atom stereocenters. The minimum Gasteiger partial charge on any atom is -0.352 e. The van der Waals surface area contributed by atoms with E-state index >= 15 is 0 Å². The van der Waals surface area contributed by atoms with Crippen molar-refractivity contribution < 1.29 is 4.79 Å². The van der Waals surface area contributed by atoms with E-state index in [1.807, 2.05) is 0 Å². The molecule has 0 spiro atoms. The van der Waals surface area contributed by atoms with Crippen LogP contribution in [0.5, 0.6) is 0 Å². The van der Waals surface area contributed by atoms with Crippen LogP contribution in [-0.4, -0.2) is 24.0 Å². The first-order valence-corrected chi connectivity index (χ1v) is 9.37. The number of hydrogen-bond donors (Lipinski definition) is 2. The molecule has 4 fully saturated rings. The van der Waals surface area contributed by atoms with Crippen LogP contribution >= 0.6 is 12.4 Å². The summed E-state index contributed by atoms with van der Waals surface area (Å²) in [5.74, 6) is 2.77. The lowest BCUT2D eigenvalue weighted by atomic mass is 9.85. The Morgan fingerprint density at radius 3 is 2.32 bits per heavy atom. The third kappa shape index (κ3) is 3.46. The number of amides is 1. The number of nitrogens with one attached hydrogen (secondary N) is 2. The number of carbonyl (C=O) groups excluding carboxylic acids is 1. The average Bonchev–Trinajstić information content (AvgIpc) is 3.14. The number of halogens is 1. The maximum atomic E-state index is 12.5. The van der Waals surface area contributed by atoms with Crippen LogP contribution in [0.15, 0.2) is 0 Å². The molecule has 0 radical (unpaired) electrons. The number of carbonyl (C=O) groups is 1. The molecule has 0 aromatic rings. The molecule has 0 bridgehead atoms. The first-order chi connectivity index (χ1) is 10.3. The van der Waals surface area contributed by atoms with Crippen molar-refractivity contribution >= 4 is 18.3 Å². The van der Waals surface area contributed by atoms with Gasteiger partial charge in [0.1, 0.15) is 0 Å². The van der Waals surface area contributed by atoms with Crippen molar-refractivity contribution in [1.82, 2.24) is 10.6 Å². The van der Waals surface area contributed by atoms with Crippen LogP contribution in [0.2, 0.25) is 0 Å². The summed E-state index contributed by atoms with van der Waals surface area (Å²) in [5, 5.41) is 6.96. The van der Waals surface area contributed by atoms with Crippen LogP contribution in [0.1, 0.15) is 70.6 Å². The molecule has 1 saturated heterocycles. The second-order valence-corrected chi connectivity index (χ2v) is 8.02. The summed E-state index contributed by atoms with van der Waals surface area (Å²) in [6.45, 7) is 0. The molecule has 1 amide bonds. The molecular formula is C18H31ClN2O. The summed E-state index contributed by atoms with van der Waals surface area (Å²) >= 11 is 0. The fourth-order valence-electron chi connectivity index (χ4n) is 5.27. The van der Waals surface area contributed by atoms with Crippen LogP contribution < -0.4 is 10.6 Å². The van der Waals surface area contributed by atoms with Gasteiger partial charge in [-0.25, -0.2) is 0 Å². The zero-order chi connectivity index (χ0) is 14.2. The van der Waals surface area contributed by atoms with Crippen molar-refractivity contribution in [3.63, 3.8) is 0 Å². The Hall–Kier alpha value is -0.280. The normalized spacial score (nSPS) is 41.4. The van der Waals surface area contributed by atoms with Crippen LogP contribution in [-0.2, 0) is 4.79 Å². The van der Waals surface area contributed by atoms with Gasteiger partial charge in [-0.2, -0.15) is 0 Å². The molecule has 1 heterocycles. The summed E-state index contributed by atoms with van der Waals surface area (Å²) in [5.41, 5.74) is 0. The van der Waals surface area contributed by atoms with Crippen molar-refractivity contribution in [3.8, 4) is 0 Å². The van der Waals surface area contributed by atoms with Gasteiger partial charge in [-0.15, -0.1) is 12.4 Å². The fourth-order valence-corrected chi connectivity index (χ4v) is 5.27. The van der Waals surface area contributed by atoms with Gasteiger partial charge in [-0.1, -0.05) is 44.9 Å². The van der Waals surface area contributed by atoms with Gasteiger partial charge in [0.05, 0.1) is 6.04 Å². The first-order valence-electron chi connectivity index (χ1n) is 9.37. The molecule has 0 aromatic heterocycles. The van der Waals surface area contributed by atoms with Crippen molar-refractivity contribution in [3.05, 3.63) is 0 Å². The lowest BCUT2D eigenvalue weighted by molar-refractivity contribution is -0.123. The van der Waals surface area contributed by atoms with Gasteiger partial charge in [0.2, 0.25) is 5.91 Å². The largest absolute Gasteiger partial charge is 0.352 e. The van der Waals surface area contributed by atoms with Gasteiger partial charge in [-0.3, -0.25) is 4.79 Å². The van der Waals surface area contributed by atoms with E-state index in [4.69, 9.17) is 0 Å². The molecule has 2 N–H and O–H groups in total. The highest BCUT2D eigenvalue weighted by molar-refractivity contribution is 5.85. The van der Waals surface area contributed by atoms with Gasteiger partial charge in [0, 0.05) is 12.1 Å². The second kappa shape index (κ2) is 7.09. The highest BCUT2D eigenvalue weighted by Crippen LogP contribution is 2.44. The molecule has 22 heavy (non-hydrogen) atoms. The summed E-state index contributed by atoms with van der Waals surface area (Å²) in [6, 6.07) is 1.23. The molecule has 3 aliphatic carbocycles. The van der Waals surface area contributed by atoms with Crippen molar-refractivity contribution in [2.45, 2.75) is 88.8 Å². The molecule has 4 heteroatoms. The molecule has 4 rings (SSSR count). The van der Waals surface area contributed by atoms with Crippen molar-refractivity contribution in [1.29, 1.82) is 0 Å². The van der Waals surface area contributed by atoms with Gasteiger partial charge >= 0.3 is 0 Å². The maximum Gasteiger partial charge on any atom is 0.237 e. The molecule has 4 aliphatic rings. The van der Waals surface area contributed by atoms with Gasteiger partial charge < -0.3 is 10.6 Å². The van der Waals surface area contributed by atoms with E-state index in [0.29, 0.717) is 18.0 Å². The minimum absolute atomic E-state index is 0. The zero-order valence-electron chi connectivity index (χ0n) is 13.6. The molecule has 0 aromatic carbocycles. The Morgan fingerprint density at radius 1 is 0.864 bits per heavy atom. The van der Waals surface area contributed by atoms with Crippen LogP contribution in [0.25, 0.3) is 0 Å². The Balaban J connectivity index is 0.00000144. The van der Waals surface area contributed by atoms with Gasteiger partial charge in [-0.05, 0) is 43.4 Å². The smallest absolute Gasteiger partial charge is 0.237 e. The number of fused-ring (bicyclic) bond motifs is 1. The van der Waals surface area contributed by atoms with Gasteiger partial charge in [0.15, 0.2) is 0 Å². The average molecular weight is 327 g/mol. The third-order valence-electron chi connectivity index (χ3n) is 6.60. The van der Waals surface area contributed by atoms with Crippen molar-refractivity contribution in [2.24, 2.45) is 17.8 Å². The third-order valence-corrected chi connectivity index (χ3v) is 6.60. The topological polar surface area (TPSA) is 41.1 Å². The van der Waals surface area contributed by atoms with E-state index in [1.54, 1.807) is 0 Å². The van der Waals surface area contributed by atoms with E-state index in [-0.39, 0.29) is 18.4 Å². The molecule has 3 nitrogen and oxygen atoms in total. The zero-order valence-corrected chi connectivity index (χ0v) is 14.4. The maximum absolute atomic E-state index is 12.5. The lowest BCUT2D eigenvalue weighted by Crippen LogP contribution is -2.44. The Labute approximate surface area is 140 Å². The second-order valence-electron chi connectivity index (χ2n) is 8.02. The fraction of sp³-hybridized carbons (Fsp3) is 0.944. The number of rotatable bonds is 3. The van der Waals surface area contributed by atoms with Crippen LogP contribution in [0.4, 0.5) is 0 Å². The van der Waals surface area contributed by atoms with Gasteiger partial charge in [0.25, 0.3) is 0 Å². The van der Waals surface area contributed by atoms with E-state index in [1.165, 1.54) is 64.2 Å². The highest BCUT2D eigenvalue weighted by Gasteiger charge is 2.45. The summed E-state index contributed by atoms with van der Waals surface area (Å²) in [6.07, 6.45) is 14.7. The van der Waals surface area contributed by atoms with E-state index in [2.05, 4.69) is 10.6 Å². The highest BCUT2D eigenvalue weighted by atomic mass is 35.5. The molecule has 1 aliphatic heterocycles. The van der Waals surface area contributed by atoms with E-state index in [9.17, 15) is 4.79 Å². The lowest BCUT2D eigenvalue weighted by Gasteiger charge is -2.24.